The van der Waals surface area contributed by atoms with E-state index >= 15 is 0 Å². The standard InChI is InChI=1S/C90H159NO13/c1-3-5-7-9-11-13-15-17-19-21-23-25-27-29-31-33-35-37-38-39-40-42-44-46-48-50-52-54-56-58-60-62-64-66-68-70-72-74-82(95)91-78(77-101-89-87(100)85(98)88(81(76-93)103-89)104-90-86(99)84(97)83(96)80(75-92)102-90)79(94)73-71-69-67-65-63-61-59-57-55-53-51-49-47-45-43-41-36-34-32-30-28-26-24-22-20-18-16-14-12-10-8-6-4-2/h5,7,11,13,17,19,23,25,29,31,35,37,39-40,44,46,71,73,78-81,83-90,92-94,96-100H,3-4,6,8-10,12,14-16,18,20-22,24,26-28,30,32-34,36,38,41-43,45,47-70,72,74-77H2,1-2H3,(H,91,95)/b7-5-,13-11-,19-17-,25-23-,31-29-,37-35-,40-39-,46-44-,73-71+. The largest absolute Gasteiger partial charge is 0.394 e. The van der Waals surface area contributed by atoms with Crippen molar-refractivity contribution in [1.82, 2.24) is 5.32 Å². The van der Waals surface area contributed by atoms with Crippen LogP contribution in [-0.4, -0.2) is 140 Å². The van der Waals surface area contributed by atoms with Gasteiger partial charge in [0, 0.05) is 6.42 Å². The van der Waals surface area contributed by atoms with Crippen LogP contribution in [0.5, 0.6) is 0 Å². The summed E-state index contributed by atoms with van der Waals surface area (Å²) in [4.78, 5) is 13.4. The summed E-state index contributed by atoms with van der Waals surface area (Å²) < 4.78 is 22.9. The summed E-state index contributed by atoms with van der Waals surface area (Å²) in [6, 6.07) is -0.925. The van der Waals surface area contributed by atoms with Gasteiger partial charge in [-0.15, -0.1) is 0 Å². The monoisotopic (exact) mass is 1460 g/mol. The summed E-state index contributed by atoms with van der Waals surface area (Å²) in [5, 5.41) is 87.8. The van der Waals surface area contributed by atoms with Crippen molar-refractivity contribution in [1.29, 1.82) is 0 Å². The molecule has 0 radical (unpaired) electrons. The van der Waals surface area contributed by atoms with Crippen molar-refractivity contribution in [2.75, 3.05) is 19.8 Å². The van der Waals surface area contributed by atoms with Gasteiger partial charge >= 0.3 is 0 Å². The maximum absolute atomic E-state index is 13.4. The Kier molecular flexibility index (Phi) is 67.4. The number of carbonyl (C=O) groups is 1. The van der Waals surface area contributed by atoms with Crippen molar-refractivity contribution >= 4 is 5.91 Å². The fourth-order valence-corrected chi connectivity index (χ4v) is 13.7. The summed E-state index contributed by atoms with van der Waals surface area (Å²) >= 11 is 0. The van der Waals surface area contributed by atoms with Gasteiger partial charge in [0.05, 0.1) is 32.0 Å². The second-order valence-electron chi connectivity index (χ2n) is 29.9. The number of amides is 1. The van der Waals surface area contributed by atoms with E-state index in [0.29, 0.717) is 6.42 Å². The van der Waals surface area contributed by atoms with Crippen molar-refractivity contribution in [2.24, 2.45) is 0 Å². The number of allylic oxidation sites excluding steroid dienone is 17. The van der Waals surface area contributed by atoms with Crippen molar-refractivity contribution in [3.63, 3.8) is 0 Å². The third kappa shape index (κ3) is 54.3. The molecule has 1 amide bonds. The topological polar surface area (TPSA) is 228 Å². The first kappa shape index (κ1) is 96.7. The first-order valence-electron chi connectivity index (χ1n) is 43.1. The van der Waals surface area contributed by atoms with Crippen LogP contribution in [0, 0.1) is 0 Å². The third-order valence-corrected chi connectivity index (χ3v) is 20.5. The van der Waals surface area contributed by atoms with Crippen LogP contribution < -0.4 is 5.32 Å². The Morgan fingerprint density at radius 1 is 0.356 bits per heavy atom. The number of aliphatic hydroxyl groups excluding tert-OH is 8. The molecule has 0 aromatic rings. The van der Waals surface area contributed by atoms with E-state index in [1.165, 1.54) is 238 Å². The Labute approximate surface area is 636 Å². The zero-order valence-electron chi connectivity index (χ0n) is 66.2. The van der Waals surface area contributed by atoms with Crippen LogP contribution in [0.2, 0.25) is 0 Å². The van der Waals surface area contributed by atoms with Gasteiger partial charge in [0.2, 0.25) is 5.91 Å². The maximum Gasteiger partial charge on any atom is 0.220 e. The molecule has 0 aliphatic carbocycles. The quantitative estimate of drug-likeness (QED) is 0.0204. The molecule has 0 aromatic carbocycles. The summed E-state index contributed by atoms with van der Waals surface area (Å²) in [6.45, 7) is 2.73. The number of rotatable bonds is 72. The Hall–Kier alpha value is -3.35. The molecule has 2 saturated heterocycles. The molecule has 0 aromatic heterocycles. The molecule has 0 spiro atoms. The number of aliphatic hydroxyl groups is 8. The molecule has 12 unspecified atom stereocenters. The highest BCUT2D eigenvalue weighted by molar-refractivity contribution is 5.76. The van der Waals surface area contributed by atoms with Crippen LogP contribution in [0.25, 0.3) is 0 Å². The molecule has 2 fully saturated rings. The van der Waals surface area contributed by atoms with Crippen LogP contribution in [0.3, 0.4) is 0 Å². The van der Waals surface area contributed by atoms with Crippen LogP contribution >= 0.6 is 0 Å². The van der Waals surface area contributed by atoms with E-state index in [2.05, 4.69) is 116 Å². The van der Waals surface area contributed by atoms with Gasteiger partial charge in [-0.2, -0.15) is 0 Å². The van der Waals surface area contributed by atoms with E-state index < -0.39 is 86.8 Å². The molecule has 12 atom stereocenters. The first-order valence-corrected chi connectivity index (χ1v) is 43.1. The molecule has 2 aliphatic heterocycles. The van der Waals surface area contributed by atoms with Crippen molar-refractivity contribution in [3.05, 3.63) is 109 Å². The van der Waals surface area contributed by atoms with E-state index in [-0.39, 0.29) is 18.9 Å². The maximum atomic E-state index is 13.4. The van der Waals surface area contributed by atoms with E-state index in [1.807, 2.05) is 6.08 Å². The molecular weight excluding hydrogens is 1300 g/mol. The number of nitrogens with one attached hydrogen (secondary N) is 1. The van der Waals surface area contributed by atoms with Gasteiger partial charge in [-0.3, -0.25) is 4.79 Å². The zero-order chi connectivity index (χ0) is 75.1. The predicted molar refractivity (Wildman–Crippen MR) is 433 cm³/mol. The lowest BCUT2D eigenvalue weighted by Gasteiger charge is -2.46. The van der Waals surface area contributed by atoms with Gasteiger partial charge in [-0.05, 0) is 83.5 Å². The highest BCUT2D eigenvalue weighted by Gasteiger charge is 2.51. The Balaban J connectivity index is 1.60. The molecule has 602 valence electrons. The SMILES string of the molecule is CC/C=C\C/C=C\C/C=C\C/C=C\C/C=C\C/C=C\C/C=C\C/C=C\CCCCCCCCCCCCCCC(=O)NC(COC1OC(CO)C(OC2OC(CO)C(O)C(O)C2O)C(O)C1O)C(O)/C=C/CCCCCCCCCCCCCCCCCCCCCCCCCCCCCCCCC. The summed E-state index contributed by atoms with van der Waals surface area (Å²) in [5.74, 6) is -0.241. The fraction of sp³-hybridized carbons (Fsp3) is 0.789. The molecule has 0 saturated carbocycles. The Bertz CT molecular complexity index is 2170. The van der Waals surface area contributed by atoms with Crippen molar-refractivity contribution < 1.29 is 64.6 Å². The molecule has 14 heteroatoms. The number of hydrogen-bond donors (Lipinski definition) is 9. The zero-order valence-corrected chi connectivity index (χ0v) is 66.2. The van der Waals surface area contributed by atoms with Gasteiger partial charge in [0.15, 0.2) is 12.6 Å². The second-order valence-corrected chi connectivity index (χ2v) is 29.9. The smallest absolute Gasteiger partial charge is 0.220 e. The minimum atomic E-state index is -1.79. The molecule has 9 N–H and O–H groups in total. The van der Waals surface area contributed by atoms with Crippen LogP contribution in [-0.2, 0) is 23.7 Å². The van der Waals surface area contributed by atoms with Gasteiger partial charge in [0.1, 0.15) is 48.8 Å². The lowest BCUT2D eigenvalue weighted by Crippen LogP contribution is -2.65. The molecule has 2 aliphatic rings. The average molecular weight is 1460 g/mol. The highest BCUT2D eigenvalue weighted by Crippen LogP contribution is 2.30. The van der Waals surface area contributed by atoms with E-state index in [9.17, 15) is 45.6 Å². The molecule has 2 rings (SSSR count). The van der Waals surface area contributed by atoms with E-state index in [1.54, 1.807) is 6.08 Å². The number of ether oxygens (including phenoxy) is 4. The number of carbonyl (C=O) groups excluding carboxylic acids is 1. The highest BCUT2D eigenvalue weighted by atomic mass is 16.7. The summed E-state index contributed by atoms with van der Waals surface area (Å²) in [6.07, 6.45) is 88.9. The lowest BCUT2D eigenvalue weighted by molar-refractivity contribution is -0.359. The normalized spacial score (nSPS) is 22.0. The number of hydrogen-bond acceptors (Lipinski definition) is 13. The predicted octanol–water partition coefficient (Wildman–Crippen LogP) is 20.6. The summed E-state index contributed by atoms with van der Waals surface area (Å²) in [5.41, 5.74) is 0. The molecule has 0 bridgehead atoms. The molecule has 2 heterocycles. The summed E-state index contributed by atoms with van der Waals surface area (Å²) in [7, 11) is 0. The second kappa shape index (κ2) is 72.5. The van der Waals surface area contributed by atoms with Crippen LogP contribution in [0.1, 0.15) is 361 Å². The minimum absolute atomic E-state index is 0.241. The fourth-order valence-electron chi connectivity index (χ4n) is 13.7. The number of unbranched alkanes of at least 4 members (excludes halogenated alkanes) is 43. The van der Waals surface area contributed by atoms with Crippen LogP contribution in [0.15, 0.2) is 109 Å². The average Bonchev–Trinajstić information content (AvgIpc) is 0.790. The Morgan fingerprint density at radius 3 is 1.02 bits per heavy atom. The van der Waals surface area contributed by atoms with Gasteiger partial charge in [-0.1, -0.05) is 380 Å². The van der Waals surface area contributed by atoms with Crippen LogP contribution in [0.4, 0.5) is 0 Å². The lowest BCUT2D eigenvalue weighted by atomic mass is 9.97. The van der Waals surface area contributed by atoms with Gasteiger partial charge in [0.25, 0.3) is 0 Å². The molecule has 14 nitrogen and oxygen atoms in total. The van der Waals surface area contributed by atoms with Gasteiger partial charge < -0.3 is 65.1 Å². The molecule has 104 heavy (non-hydrogen) atoms. The van der Waals surface area contributed by atoms with Gasteiger partial charge in [-0.25, -0.2) is 0 Å². The van der Waals surface area contributed by atoms with Crippen molar-refractivity contribution in [2.45, 2.75) is 434 Å². The Morgan fingerprint density at radius 2 is 0.663 bits per heavy atom. The van der Waals surface area contributed by atoms with Crippen molar-refractivity contribution in [3.8, 4) is 0 Å². The van der Waals surface area contributed by atoms with E-state index in [0.717, 1.165) is 96.3 Å². The molecular formula is C90H159NO13. The third-order valence-electron chi connectivity index (χ3n) is 20.5. The minimum Gasteiger partial charge on any atom is -0.394 e. The van der Waals surface area contributed by atoms with E-state index in [4.69, 9.17) is 18.9 Å². The first-order chi connectivity index (χ1) is 51.1.